The molecule has 1 aliphatic rings. The molecule has 0 aliphatic heterocycles. The van der Waals surface area contributed by atoms with Crippen molar-refractivity contribution in [2.75, 3.05) is 10.9 Å². The number of halogens is 1. The Morgan fingerprint density at radius 2 is 1.45 bits per heavy atom. The number of anilines is 2. The van der Waals surface area contributed by atoms with E-state index in [1.54, 1.807) is 48.8 Å². The molecule has 1 aliphatic carbocycles. The molecule has 15 heteroatoms. The molecule has 0 radical (unpaired) electrons. The number of benzene rings is 3. The monoisotopic (exact) mass is 673 g/mol. The van der Waals surface area contributed by atoms with Crippen LogP contribution in [0.3, 0.4) is 0 Å². The summed E-state index contributed by atoms with van der Waals surface area (Å²) >= 11 is 0. The first kappa shape index (κ1) is 33.3. The summed E-state index contributed by atoms with van der Waals surface area (Å²) in [6, 6.07) is 21.8. The van der Waals surface area contributed by atoms with Gasteiger partial charge in [-0.3, -0.25) is 26.0 Å². The first-order valence-corrected chi connectivity index (χ1v) is 17.6. The van der Waals surface area contributed by atoms with Crippen LogP contribution in [0.2, 0.25) is 0 Å². The third-order valence-electron chi connectivity index (χ3n) is 6.88. The maximum Gasteiger partial charge on any atom is 0.238 e. The van der Waals surface area contributed by atoms with E-state index < -0.39 is 25.5 Å². The number of aromatic nitrogens is 3. The molecule has 6 rings (SSSR count). The Balaban J connectivity index is 0.000000185. The second-order valence-corrected chi connectivity index (χ2v) is 14.1. The van der Waals surface area contributed by atoms with Gasteiger partial charge in [0.2, 0.25) is 10.0 Å². The van der Waals surface area contributed by atoms with E-state index in [2.05, 4.69) is 41.9 Å². The van der Waals surface area contributed by atoms with Crippen LogP contribution in [-0.4, -0.2) is 44.9 Å². The van der Waals surface area contributed by atoms with Crippen molar-refractivity contribution >= 4 is 59.4 Å². The molecule has 1 saturated carbocycles. The van der Waals surface area contributed by atoms with Crippen molar-refractivity contribution in [2.45, 2.75) is 29.6 Å². The summed E-state index contributed by atoms with van der Waals surface area (Å²) in [6.45, 7) is 1.85. The smallest absolute Gasteiger partial charge is 0.238 e. The summed E-state index contributed by atoms with van der Waals surface area (Å²) < 4.78 is 47.4. The first-order chi connectivity index (χ1) is 22.4. The quantitative estimate of drug-likeness (QED) is 0.0998. The lowest BCUT2D eigenvalue weighted by molar-refractivity contribution is 0.598. The van der Waals surface area contributed by atoms with Gasteiger partial charge in [-0.05, 0) is 92.4 Å². The first-order valence-electron chi connectivity index (χ1n) is 14.2. The van der Waals surface area contributed by atoms with Crippen LogP contribution >= 0.6 is 0 Å². The fourth-order valence-electron chi connectivity index (χ4n) is 4.24. The fourth-order valence-corrected chi connectivity index (χ4v) is 5.35. The molecule has 5 aromatic rings. The zero-order chi connectivity index (χ0) is 33.6. The Morgan fingerprint density at radius 3 is 2.02 bits per heavy atom. The van der Waals surface area contributed by atoms with Gasteiger partial charge in [0, 0.05) is 22.6 Å². The van der Waals surface area contributed by atoms with Crippen LogP contribution in [-0.2, 0) is 19.7 Å². The van der Waals surface area contributed by atoms with Crippen molar-refractivity contribution in [3.05, 3.63) is 115 Å². The van der Waals surface area contributed by atoms with Crippen LogP contribution < -0.4 is 21.1 Å². The summed E-state index contributed by atoms with van der Waals surface area (Å²) in [5.41, 5.74) is 11.6. The molecule has 3 aromatic carbocycles. The number of nitrogens with two attached hydrogens (primary N) is 2. The molecule has 2 aromatic heterocycles. The van der Waals surface area contributed by atoms with E-state index in [-0.39, 0.29) is 10.8 Å². The molecule has 6 N–H and O–H groups in total. The van der Waals surface area contributed by atoms with Crippen molar-refractivity contribution in [3.8, 4) is 0 Å². The van der Waals surface area contributed by atoms with Crippen LogP contribution in [0.25, 0.3) is 11.0 Å². The number of sulfonamides is 1. The molecule has 242 valence electrons. The third-order valence-corrected chi connectivity index (χ3v) is 8.88. The Morgan fingerprint density at radius 1 is 0.851 bits per heavy atom. The SMILES string of the molecule is C=S(N)(=O)c1ccc(N/N=C(\C)c2cnc3ccccc3n2)cc1.NS(=O)(=O)c1ccc(N/N=C(/c2cncc(F)c2)C2CC2)cc1. The van der Waals surface area contributed by atoms with Gasteiger partial charge in [0.05, 0.1) is 60.8 Å². The molecule has 2 heterocycles. The van der Waals surface area contributed by atoms with E-state index in [1.807, 2.05) is 31.2 Å². The maximum absolute atomic E-state index is 13.3. The lowest BCUT2D eigenvalue weighted by Crippen LogP contribution is -2.12. The molecule has 0 spiro atoms. The molecule has 0 bridgehead atoms. The van der Waals surface area contributed by atoms with Gasteiger partial charge in [-0.1, -0.05) is 12.1 Å². The van der Waals surface area contributed by atoms with Crippen LogP contribution in [0, 0.1) is 11.7 Å². The number of hydrogen-bond acceptors (Lipinski definition) is 10. The zero-order valence-electron chi connectivity index (χ0n) is 25.2. The second kappa shape index (κ2) is 14.1. The lowest BCUT2D eigenvalue weighted by Gasteiger charge is -2.07. The average Bonchev–Trinajstić information content (AvgIpc) is 3.89. The number of pyridine rings is 1. The summed E-state index contributed by atoms with van der Waals surface area (Å²) in [6.07, 6.45) is 6.42. The van der Waals surface area contributed by atoms with Gasteiger partial charge >= 0.3 is 0 Å². The largest absolute Gasteiger partial charge is 0.278 e. The van der Waals surface area contributed by atoms with Crippen LogP contribution in [0.4, 0.5) is 15.8 Å². The highest BCUT2D eigenvalue weighted by molar-refractivity contribution is 7.98. The number of hydrogen-bond donors (Lipinski definition) is 4. The highest BCUT2D eigenvalue weighted by atomic mass is 32.2. The van der Waals surface area contributed by atoms with E-state index >= 15 is 0 Å². The number of nitrogens with zero attached hydrogens (tertiary/aromatic N) is 5. The number of primary sulfonamides is 1. The zero-order valence-corrected chi connectivity index (χ0v) is 26.9. The molecule has 47 heavy (non-hydrogen) atoms. The molecular formula is C32H32FN9O3S2. The van der Waals surface area contributed by atoms with Crippen molar-refractivity contribution in [2.24, 2.45) is 26.4 Å². The van der Waals surface area contributed by atoms with Gasteiger partial charge < -0.3 is 0 Å². The molecule has 12 nitrogen and oxygen atoms in total. The number of hydrazone groups is 2. The van der Waals surface area contributed by atoms with Gasteiger partial charge in [-0.25, -0.2) is 27.1 Å². The summed E-state index contributed by atoms with van der Waals surface area (Å²) in [7, 11) is -6.41. The third kappa shape index (κ3) is 9.23. The maximum atomic E-state index is 13.3. The van der Waals surface area contributed by atoms with Crippen LogP contribution in [0.15, 0.2) is 117 Å². The van der Waals surface area contributed by atoms with Gasteiger partial charge in [0.25, 0.3) is 0 Å². The highest BCUT2D eigenvalue weighted by Crippen LogP contribution is 2.33. The van der Waals surface area contributed by atoms with E-state index in [0.29, 0.717) is 27.6 Å². The van der Waals surface area contributed by atoms with Crippen molar-refractivity contribution in [1.29, 1.82) is 0 Å². The van der Waals surface area contributed by atoms with Gasteiger partial charge in [-0.2, -0.15) is 10.2 Å². The van der Waals surface area contributed by atoms with Crippen molar-refractivity contribution in [3.63, 3.8) is 0 Å². The minimum atomic E-state index is -3.72. The Labute approximate surface area is 272 Å². The topological polar surface area (TPSA) is 191 Å². The Bertz CT molecular complexity index is 2170. The molecule has 1 atom stereocenters. The van der Waals surface area contributed by atoms with Gasteiger partial charge in [0.15, 0.2) is 0 Å². The molecule has 1 fully saturated rings. The summed E-state index contributed by atoms with van der Waals surface area (Å²) in [5, 5.41) is 19.2. The fraction of sp³-hybridized carbons (Fsp3) is 0.125. The Hall–Kier alpha value is -5.09. The van der Waals surface area contributed by atoms with Crippen molar-refractivity contribution < 1.29 is 17.0 Å². The van der Waals surface area contributed by atoms with Gasteiger partial charge in [0.1, 0.15) is 11.5 Å². The lowest BCUT2D eigenvalue weighted by atomic mass is 10.1. The molecule has 1 unspecified atom stereocenters. The molecule has 0 amide bonds. The normalized spacial score (nSPS) is 14.9. The minimum absolute atomic E-state index is 0.0313. The second-order valence-electron chi connectivity index (χ2n) is 10.6. The predicted molar refractivity (Wildman–Crippen MR) is 184 cm³/mol. The highest BCUT2D eigenvalue weighted by Gasteiger charge is 2.29. The van der Waals surface area contributed by atoms with Crippen molar-refractivity contribution in [1.82, 2.24) is 15.0 Å². The van der Waals surface area contributed by atoms with E-state index in [1.165, 1.54) is 18.2 Å². The number of rotatable bonds is 9. The standard InChI is InChI=1S/C17H17N5OS.C15H15FN4O2S/c1-12(17-11-19-15-5-3-4-6-16(15)20-17)21-22-13-7-9-14(10-8-13)24(2,18)23;16-12-7-11(8-18-9-12)15(10-1-2-10)20-19-13-3-5-14(6-4-13)23(17,21)22/h3-11,22H,2H2,1H3,(H2,18,23);3-10,19H,1-2H2,(H2,17,21,22)/b21-12+;20-15+. The van der Waals surface area contributed by atoms with Gasteiger partial charge in [-0.15, -0.1) is 0 Å². The van der Waals surface area contributed by atoms with E-state index in [9.17, 15) is 17.0 Å². The van der Waals surface area contributed by atoms with Crippen LogP contribution in [0.5, 0.6) is 0 Å². The predicted octanol–water partition coefficient (Wildman–Crippen LogP) is 4.51. The van der Waals surface area contributed by atoms with Crippen LogP contribution in [0.1, 0.15) is 31.0 Å². The minimum Gasteiger partial charge on any atom is -0.278 e. The molecule has 0 saturated heterocycles. The van der Waals surface area contributed by atoms with E-state index in [4.69, 9.17) is 10.3 Å². The molecular weight excluding hydrogens is 642 g/mol. The number of fused-ring (bicyclic) bond motifs is 1. The number of para-hydroxylation sites is 2. The number of nitrogens with one attached hydrogen (secondary N) is 2. The summed E-state index contributed by atoms with van der Waals surface area (Å²) in [5.74, 6) is 3.33. The Kier molecular flexibility index (Phi) is 10.0. The van der Waals surface area contributed by atoms with E-state index in [0.717, 1.165) is 41.5 Å². The summed E-state index contributed by atoms with van der Waals surface area (Å²) in [4.78, 5) is 13.3. The average molecular weight is 674 g/mol.